The van der Waals surface area contributed by atoms with Crippen LogP contribution in [-0.2, 0) is 6.54 Å². The molecule has 0 aliphatic heterocycles. The molecular formula is C4H6BrClN2S. The van der Waals surface area contributed by atoms with E-state index in [-0.39, 0.29) is 12.4 Å². The van der Waals surface area contributed by atoms with Crippen LogP contribution in [0.5, 0.6) is 0 Å². The van der Waals surface area contributed by atoms with Crippen molar-refractivity contribution in [3.8, 4) is 0 Å². The van der Waals surface area contributed by atoms with Crippen LogP contribution >= 0.6 is 39.9 Å². The van der Waals surface area contributed by atoms with Gasteiger partial charge in [-0.2, -0.15) is 4.37 Å². The summed E-state index contributed by atoms with van der Waals surface area (Å²) in [5.41, 5.74) is 5.34. The van der Waals surface area contributed by atoms with Crippen LogP contribution < -0.4 is 5.73 Å². The topological polar surface area (TPSA) is 38.9 Å². The van der Waals surface area contributed by atoms with Crippen LogP contribution in [-0.4, -0.2) is 4.37 Å². The number of halogens is 2. The van der Waals surface area contributed by atoms with E-state index in [2.05, 4.69) is 20.3 Å². The average molecular weight is 230 g/mol. The lowest BCUT2D eigenvalue weighted by molar-refractivity contribution is 1.10. The molecule has 0 aliphatic carbocycles. The first kappa shape index (κ1) is 9.36. The van der Waals surface area contributed by atoms with Gasteiger partial charge in [0.15, 0.2) is 0 Å². The molecule has 0 radical (unpaired) electrons. The second-order valence-electron chi connectivity index (χ2n) is 1.30. The van der Waals surface area contributed by atoms with Gasteiger partial charge in [-0.05, 0) is 27.5 Å². The molecule has 0 aromatic carbocycles. The van der Waals surface area contributed by atoms with Crippen LogP contribution in [0.3, 0.4) is 0 Å². The van der Waals surface area contributed by atoms with E-state index in [4.69, 9.17) is 5.73 Å². The molecule has 0 atom stereocenters. The predicted octanol–water partition coefficient (Wildman–Crippen LogP) is 1.79. The number of hydrogen-bond acceptors (Lipinski definition) is 3. The van der Waals surface area contributed by atoms with Crippen LogP contribution in [0.1, 0.15) is 4.88 Å². The van der Waals surface area contributed by atoms with Crippen molar-refractivity contribution in [3.05, 3.63) is 15.5 Å². The van der Waals surface area contributed by atoms with E-state index in [9.17, 15) is 0 Å². The van der Waals surface area contributed by atoms with Gasteiger partial charge in [0.25, 0.3) is 0 Å². The minimum absolute atomic E-state index is 0. The summed E-state index contributed by atoms with van der Waals surface area (Å²) in [6, 6.07) is 0. The minimum atomic E-state index is 0. The first-order valence-electron chi connectivity index (χ1n) is 2.13. The summed E-state index contributed by atoms with van der Waals surface area (Å²) in [7, 11) is 0. The lowest BCUT2D eigenvalue weighted by Crippen LogP contribution is -1.92. The molecule has 2 N–H and O–H groups in total. The third-order valence-electron chi connectivity index (χ3n) is 0.781. The van der Waals surface area contributed by atoms with Gasteiger partial charge in [0.05, 0.1) is 15.5 Å². The zero-order valence-corrected chi connectivity index (χ0v) is 7.72. The van der Waals surface area contributed by atoms with E-state index < -0.39 is 0 Å². The lowest BCUT2D eigenvalue weighted by Gasteiger charge is -1.84. The first-order valence-corrected chi connectivity index (χ1v) is 3.70. The highest BCUT2D eigenvalue weighted by Gasteiger charge is 1.96. The van der Waals surface area contributed by atoms with Crippen molar-refractivity contribution in [1.82, 2.24) is 4.37 Å². The Kier molecular flexibility index (Phi) is 4.39. The van der Waals surface area contributed by atoms with Crippen molar-refractivity contribution in [2.75, 3.05) is 0 Å². The maximum absolute atomic E-state index is 5.34. The molecule has 0 saturated heterocycles. The molecule has 0 fully saturated rings. The molecule has 5 heteroatoms. The molecule has 52 valence electrons. The highest BCUT2D eigenvalue weighted by atomic mass is 79.9. The van der Waals surface area contributed by atoms with Gasteiger partial charge in [-0.1, -0.05) is 0 Å². The number of nitrogens with two attached hydrogens (primary N) is 1. The minimum Gasteiger partial charge on any atom is -0.326 e. The van der Waals surface area contributed by atoms with Gasteiger partial charge < -0.3 is 5.73 Å². The van der Waals surface area contributed by atoms with Crippen molar-refractivity contribution in [2.24, 2.45) is 5.73 Å². The second kappa shape index (κ2) is 4.22. The van der Waals surface area contributed by atoms with E-state index in [0.717, 1.165) is 9.35 Å². The Morgan fingerprint density at radius 1 is 1.78 bits per heavy atom. The first-order chi connectivity index (χ1) is 3.84. The molecular weight excluding hydrogens is 223 g/mol. The summed E-state index contributed by atoms with van der Waals surface area (Å²) in [6.45, 7) is 0.575. The molecule has 1 aromatic rings. The predicted molar refractivity (Wildman–Crippen MR) is 45.0 cm³/mol. The van der Waals surface area contributed by atoms with E-state index in [1.54, 1.807) is 6.20 Å². The van der Waals surface area contributed by atoms with Crippen LogP contribution in [0.2, 0.25) is 0 Å². The monoisotopic (exact) mass is 228 g/mol. The maximum Gasteiger partial charge on any atom is 0.0552 e. The molecule has 0 aliphatic rings. The third-order valence-corrected chi connectivity index (χ3v) is 2.54. The molecule has 1 heterocycles. The van der Waals surface area contributed by atoms with Gasteiger partial charge >= 0.3 is 0 Å². The Labute approximate surface area is 72.2 Å². The molecule has 0 saturated carbocycles. The van der Waals surface area contributed by atoms with E-state index in [0.29, 0.717) is 6.54 Å². The van der Waals surface area contributed by atoms with Crippen molar-refractivity contribution < 1.29 is 0 Å². The third kappa shape index (κ3) is 2.21. The molecule has 0 amide bonds. The van der Waals surface area contributed by atoms with Gasteiger partial charge in [0.1, 0.15) is 0 Å². The molecule has 0 bridgehead atoms. The van der Waals surface area contributed by atoms with Crippen LogP contribution in [0, 0.1) is 0 Å². The Morgan fingerprint density at radius 3 is 2.67 bits per heavy atom. The van der Waals surface area contributed by atoms with Crippen molar-refractivity contribution in [1.29, 1.82) is 0 Å². The Balaban J connectivity index is 0.000000640. The van der Waals surface area contributed by atoms with Gasteiger partial charge in [-0.3, -0.25) is 0 Å². The zero-order chi connectivity index (χ0) is 5.98. The van der Waals surface area contributed by atoms with Gasteiger partial charge in [-0.25, -0.2) is 0 Å². The number of aromatic nitrogens is 1. The summed E-state index contributed by atoms with van der Waals surface area (Å²) in [5.74, 6) is 0. The molecule has 0 unspecified atom stereocenters. The smallest absolute Gasteiger partial charge is 0.0552 e. The molecule has 2 nitrogen and oxygen atoms in total. The zero-order valence-electron chi connectivity index (χ0n) is 4.50. The summed E-state index contributed by atoms with van der Waals surface area (Å²) >= 11 is 4.72. The van der Waals surface area contributed by atoms with Gasteiger partial charge in [0.2, 0.25) is 0 Å². The Bertz CT molecular complexity index is 179. The summed E-state index contributed by atoms with van der Waals surface area (Å²) in [5, 5.41) is 0. The fourth-order valence-corrected chi connectivity index (χ4v) is 1.50. The summed E-state index contributed by atoms with van der Waals surface area (Å²) < 4.78 is 4.93. The normalized spacial score (nSPS) is 8.67. The standard InChI is InChI=1S/C4H5BrN2S.ClH/c5-3-2-7-8-4(3)1-6;/h2H,1,6H2;1H. The summed E-state index contributed by atoms with van der Waals surface area (Å²) in [4.78, 5) is 1.10. The largest absolute Gasteiger partial charge is 0.326 e. The fraction of sp³-hybridized carbons (Fsp3) is 0.250. The Hall–Kier alpha value is 0.360. The van der Waals surface area contributed by atoms with Gasteiger partial charge in [0, 0.05) is 6.54 Å². The van der Waals surface area contributed by atoms with E-state index in [1.165, 1.54) is 11.5 Å². The Morgan fingerprint density at radius 2 is 2.44 bits per heavy atom. The molecule has 9 heavy (non-hydrogen) atoms. The number of rotatable bonds is 1. The second-order valence-corrected chi connectivity index (χ2v) is 3.04. The maximum atomic E-state index is 5.34. The van der Waals surface area contributed by atoms with Gasteiger partial charge in [-0.15, -0.1) is 12.4 Å². The lowest BCUT2D eigenvalue weighted by atomic mass is 10.5. The summed E-state index contributed by atoms with van der Waals surface area (Å²) in [6.07, 6.45) is 1.76. The quantitative estimate of drug-likeness (QED) is 0.797. The molecule has 1 rings (SSSR count). The van der Waals surface area contributed by atoms with Crippen LogP contribution in [0.15, 0.2) is 10.7 Å². The van der Waals surface area contributed by atoms with Crippen molar-refractivity contribution >= 4 is 39.9 Å². The number of hydrogen-bond donors (Lipinski definition) is 1. The highest BCUT2D eigenvalue weighted by molar-refractivity contribution is 9.10. The van der Waals surface area contributed by atoms with E-state index >= 15 is 0 Å². The number of nitrogens with zero attached hydrogens (tertiary/aromatic N) is 1. The molecule has 0 spiro atoms. The van der Waals surface area contributed by atoms with Crippen molar-refractivity contribution in [2.45, 2.75) is 6.54 Å². The molecule has 1 aromatic heterocycles. The van der Waals surface area contributed by atoms with Crippen molar-refractivity contribution in [3.63, 3.8) is 0 Å². The average Bonchev–Trinajstić information content (AvgIpc) is 2.14. The highest BCUT2D eigenvalue weighted by Crippen LogP contribution is 2.18. The fourth-order valence-electron chi connectivity index (χ4n) is 0.387. The van der Waals surface area contributed by atoms with E-state index in [1.807, 2.05) is 0 Å². The SMILES string of the molecule is Cl.NCc1sncc1Br. The van der Waals surface area contributed by atoms with Crippen LogP contribution in [0.25, 0.3) is 0 Å². The van der Waals surface area contributed by atoms with Crippen LogP contribution in [0.4, 0.5) is 0 Å².